The summed E-state index contributed by atoms with van der Waals surface area (Å²) in [5.74, 6) is 1.19. The van der Waals surface area contributed by atoms with Gasteiger partial charge in [-0.1, -0.05) is 6.92 Å². The lowest BCUT2D eigenvalue weighted by Gasteiger charge is -2.60. The highest BCUT2D eigenvalue weighted by Crippen LogP contribution is 2.66. The molecule has 1 aliphatic heterocycles. The standard InChI is InChI=1S/C9H15NO2S/c1-2-10-8-5-7-3-4-9(7,8)6-13(10,11)12/h7-8H,2-6H2,1H3/t7-,8-,9?/m0/s1. The van der Waals surface area contributed by atoms with Crippen molar-refractivity contribution >= 4 is 10.0 Å². The highest BCUT2D eigenvalue weighted by molar-refractivity contribution is 7.89. The molecule has 2 saturated carbocycles. The molecule has 4 heteroatoms. The van der Waals surface area contributed by atoms with Gasteiger partial charge in [-0.05, 0) is 25.2 Å². The molecule has 0 aromatic carbocycles. The molecule has 1 saturated heterocycles. The van der Waals surface area contributed by atoms with Crippen molar-refractivity contribution in [2.45, 2.75) is 32.2 Å². The maximum absolute atomic E-state index is 11.8. The maximum Gasteiger partial charge on any atom is 0.214 e. The molecule has 0 N–H and O–H groups in total. The van der Waals surface area contributed by atoms with E-state index in [1.54, 1.807) is 4.31 Å². The predicted octanol–water partition coefficient (Wildman–Crippen LogP) is 0.820. The SMILES string of the molecule is CCN1[C@H]2C[C@@H]3CCC32CS1(=O)=O. The van der Waals surface area contributed by atoms with Gasteiger partial charge in [-0.15, -0.1) is 0 Å². The molecule has 3 nitrogen and oxygen atoms in total. The van der Waals surface area contributed by atoms with E-state index in [1.807, 2.05) is 6.92 Å². The molecule has 0 bridgehead atoms. The molecule has 0 aromatic rings. The van der Waals surface area contributed by atoms with Crippen LogP contribution in [0.4, 0.5) is 0 Å². The van der Waals surface area contributed by atoms with Crippen molar-refractivity contribution < 1.29 is 8.42 Å². The minimum atomic E-state index is -2.88. The molecule has 0 radical (unpaired) electrons. The summed E-state index contributed by atoms with van der Waals surface area (Å²) in [5.41, 5.74) is 0.217. The van der Waals surface area contributed by atoms with Crippen LogP contribution in [0.2, 0.25) is 0 Å². The minimum Gasteiger partial charge on any atom is -0.212 e. The van der Waals surface area contributed by atoms with Gasteiger partial charge in [-0.2, -0.15) is 4.31 Å². The fourth-order valence-corrected chi connectivity index (χ4v) is 6.07. The van der Waals surface area contributed by atoms with Gasteiger partial charge >= 0.3 is 0 Å². The number of sulfonamides is 1. The largest absolute Gasteiger partial charge is 0.214 e. The first-order chi connectivity index (χ1) is 6.10. The first-order valence-corrected chi connectivity index (χ1v) is 6.70. The van der Waals surface area contributed by atoms with Gasteiger partial charge in [0.2, 0.25) is 10.0 Å². The van der Waals surface area contributed by atoms with Crippen LogP contribution in [0.25, 0.3) is 0 Å². The monoisotopic (exact) mass is 201 g/mol. The Balaban J connectivity index is 2.00. The second-order valence-corrected chi connectivity index (χ2v) is 6.60. The van der Waals surface area contributed by atoms with Crippen LogP contribution in [0, 0.1) is 11.3 Å². The highest BCUT2D eigenvalue weighted by Gasteiger charge is 2.69. The van der Waals surface area contributed by atoms with Crippen LogP contribution in [0.3, 0.4) is 0 Å². The predicted molar refractivity (Wildman–Crippen MR) is 49.7 cm³/mol. The average molecular weight is 201 g/mol. The zero-order valence-corrected chi connectivity index (χ0v) is 8.68. The third-order valence-electron chi connectivity index (χ3n) is 4.41. The zero-order chi connectivity index (χ0) is 9.27. The molecule has 2 aliphatic carbocycles. The summed E-state index contributed by atoms with van der Waals surface area (Å²) >= 11 is 0. The van der Waals surface area contributed by atoms with Gasteiger partial charge in [0.25, 0.3) is 0 Å². The lowest BCUT2D eigenvalue weighted by atomic mass is 9.46. The Bertz CT molecular complexity index is 351. The van der Waals surface area contributed by atoms with Crippen LogP contribution in [0.5, 0.6) is 0 Å². The summed E-state index contributed by atoms with van der Waals surface area (Å²) in [6.45, 7) is 2.62. The number of hydrogen-bond donors (Lipinski definition) is 0. The molecular formula is C9H15NO2S. The van der Waals surface area contributed by atoms with Crippen LogP contribution in [-0.2, 0) is 10.0 Å². The van der Waals surface area contributed by atoms with Gasteiger partial charge in [0.15, 0.2) is 0 Å². The summed E-state index contributed by atoms with van der Waals surface area (Å²) in [5, 5.41) is 0. The molecule has 0 amide bonds. The summed E-state index contributed by atoms with van der Waals surface area (Å²) in [6, 6.07) is 0.376. The van der Waals surface area contributed by atoms with Crippen LogP contribution in [0.1, 0.15) is 26.2 Å². The summed E-state index contributed by atoms with van der Waals surface area (Å²) in [6.07, 6.45) is 3.55. The van der Waals surface area contributed by atoms with Crippen LogP contribution < -0.4 is 0 Å². The van der Waals surface area contributed by atoms with Gasteiger partial charge < -0.3 is 0 Å². The normalized spacial score (nSPS) is 51.8. The first kappa shape index (κ1) is 8.24. The second kappa shape index (κ2) is 2.11. The van der Waals surface area contributed by atoms with E-state index in [4.69, 9.17) is 0 Å². The Kier molecular flexibility index (Phi) is 1.34. The lowest BCUT2D eigenvalue weighted by molar-refractivity contribution is -0.104. The van der Waals surface area contributed by atoms with E-state index in [0.29, 0.717) is 18.3 Å². The van der Waals surface area contributed by atoms with Crippen molar-refractivity contribution in [1.82, 2.24) is 4.31 Å². The van der Waals surface area contributed by atoms with Crippen LogP contribution in [-0.4, -0.2) is 31.1 Å². The van der Waals surface area contributed by atoms with Crippen LogP contribution in [0.15, 0.2) is 0 Å². The third-order valence-corrected chi connectivity index (χ3v) is 6.54. The first-order valence-electron chi connectivity index (χ1n) is 5.10. The molecule has 74 valence electrons. The molecule has 1 spiro atoms. The van der Waals surface area contributed by atoms with E-state index < -0.39 is 10.0 Å². The van der Waals surface area contributed by atoms with E-state index in [0.717, 1.165) is 18.8 Å². The number of nitrogens with zero attached hydrogens (tertiary/aromatic N) is 1. The molecule has 3 atom stereocenters. The molecule has 1 heterocycles. The number of hydrogen-bond acceptors (Lipinski definition) is 2. The smallest absolute Gasteiger partial charge is 0.212 e. The van der Waals surface area contributed by atoms with E-state index >= 15 is 0 Å². The number of rotatable bonds is 1. The van der Waals surface area contributed by atoms with E-state index in [9.17, 15) is 8.42 Å². The molecular weight excluding hydrogens is 186 g/mol. The molecule has 1 unspecified atom stereocenters. The summed E-state index contributed by atoms with van der Waals surface area (Å²) < 4.78 is 25.3. The summed E-state index contributed by atoms with van der Waals surface area (Å²) in [4.78, 5) is 0. The zero-order valence-electron chi connectivity index (χ0n) is 7.86. The second-order valence-electron chi connectivity index (χ2n) is 4.68. The Morgan fingerprint density at radius 3 is 2.69 bits per heavy atom. The van der Waals surface area contributed by atoms with Crippen molar-refractivity contribution in [1.29, 1.82) is 0 Å². The topological polar surface area (TPSA) is 37.4 Å². The summed E-state index contributed by atoms with van der Waals surface area (Å²) in [7, 11) is -2.88. The van der Waals surface area contributed by atoms with Crippen molar-refractivity contribution in [2.75, 3.05) is 12.3 Å². The Morgan fingerprint density at radius 2 is 2.31 bits per heavy atom. The van der Waals surface area contributed by atoms with E-state index in [2.05, 4.69) is 0 Å². The van der Waals surface area contributed by atoms with Gasteiger partial charge in [-0.25, -0.2) is 8.42 Å². The molecule has 3 rings (SSSR count). The molecule has 13 heavy (non-hydrogen) atoms. The van der Waals surface area contributed by atoms with Gasteiger partial charge in [0, 0.05) is 18.0 Å². The Labute approximate surface area is 79.2 Å². The Morgan fingerprint density at radius 1 is 1.54 bits per heavy atom. The maximum atomic E-state index is 11.8. The third kappa shape index (κ3) is 0.734. The van der Waals surface area contributed by atoms with Crippen molar-refractivity contribution in [3.63, 3.8) is 0 Å². The average Bonchev–Trinajstić information content (AvgIpc) is 2.28. The van der Waals surface area contributed by atoms with E-state index in [1.165, 1.54) is 6.42 Å². The highest BCUT2D eigenvalue weighted by atomic mass is 32.2. The van der Waals surface area contributed by atoms with Crippen molar-refractivity contribution in [3.05, 3.63) is 0 Å². The van der Waals surface area contributed by atoms with E-state index in [-0.39, 0.29) is 5.41 Å². The van der Waals surface area contributed by atoms with Gasteiger partial charge in [-0.3, -0.25) is 0 Å². The fraction of sp³-hybridized carbons (Fsp3) is 1.00. The molecule has 0 aromatic heterocycles. The van der Waals surface area contributed by atoms with Crippen molar-refractivity contribution in [2.24, 2.45) is 11.3 Å². The fourth-order valence-electron chi connectivity index (χ4n) is 3.58. The quantitative estimate of drug-likeness (QED) is 0.630. The Hall–Kier alpha value is -0.0900. The van der Waals surface area contributed by atoms with Gasteiger partial charge in [0.1, 0.15) is 0 Å². The molecule has 3 aliphatic rings. The lowest BCUT2D eigenvalue weighted by Crippen LogP contribution is -2.61. The van der Waals surface area contributed by atoms with Gasteiger partial charge in [0.05, 0.1) is 5.75 Å². The van der Waals surface area contributed by atoms with Crippen LogP contribution >= 0.6 is 0 Å². The van der Waals surface area contributed by atoms with Crippen molar-refractivity contribution in [3.8, 4) is 0 Å². The minimum absolute atomic E-state index is 0.217. The molecule has 3 fully saturated rings.